The van der Waals surface area contributed by atoms with Gasteiger partial charge in [0, 0.05) is 31.7 Å². The van der Waals surface area contributed by atoms with Gasteiger partial charge in [-0.15, -0.1) is 0 Å². The van der Waals surface area contributed by atoms with Crippen LogP contribution in [0.3, 0.4) is 0 Å². The number of rotatable bonds is 6. The lowest BCUT2D eigenvalue weighted by atomic mass is 9.89. The zero-order chi connectivity index (χ0) is 31.2. The zero-order valence-corrected chi connectivity index (χ0v) is 24.3. The highest BCUT2D eigenvalue weighted by atomic mass is 32.2. The van der Waals surface area contributed by atoms with Crippen LogP contribution >= 0.6 is 0 Å². The molecule has 3 aliphatic rings. The molecule has 3 aliphatic heterocycles. The number of likely N-dealkylation sites (tertiary alicyclic amines) is 1. The number of amides is 2. The monoisotopic (exact) mass is 624 g/mol. The Kier molecular flexibility index (Phi) is 8.40. The molecule has 2 aromatic rings. The SMILES string of the molecule is Cc1cc(C(=O)N2CCC(O)CC2)c(F)cc1CCS(=O)(=O)N1CCC2(CC1)N=C(c1cccc(C(F)(F)F)c1)NC2=O. The second-order valence-electron chi connectivity index (χ2n) is 11.3. The number of aryl methyl sites for hydroxylation is 2. The van der Waals surface area contributed by atoms with E-state index in [9.17, 15) is 40.7 Å². The predicted octanol–water partition coefficient (Wildman–Crippen LogP) is 3.03. The highest BCUT2D eigenvalue weighted by Gasteiger charge is 2.47. The van der Waals surface area contributed by atoms with Crippen LogP contribution < -0.4 is 5.32 Å². The number of carbonyl (C=O) groups is 2. The molecule has 2 amide bonds. The molecule has 3 heterocycles. The highest BCUT2D eigenvalue weighted by Crippen LogP contribution is 2.34. The molecule has 5 rings (SSSR count). The molecule has 0 aliphatic carbocycles. The van der Waals surface area contributed by atoms with Crippen LogP contribution in [0.5, 0.6) is 0 Å². The van der Waals surface area contributed by atoms with Crippen molar-refractivity contribution >= 4 is 27.7 Å². The first-order valence-corrected chi connectivity index (χ1v) is 15.6. The number of aliphatic hydroxyl groups is 1. The molecular formula is C29H32F4N4O5S. The van der Waals surface area contributed by atoms with Gasteiger partial charge in [-0.1, -0.05) is 12.1 Å². The minimum absolute atomic E-state index is 0.00936. The van der Waals surface area contributed by atoms with Gasteiger partial charge in [0.15, 0.2) is 0 Å². The molecule has 0 radical (unpaired) electrons. The van der Waals surface area contributed by atoms with E-state index in [1.54, 1.807) is 6.92 Å². The van der Waals surface area contributed by atoms with Crippen molar-refractivity contribution in [1.82, 2.24) is 14.5 Å². The third kappa shape index (κ3) is 6.46. The molecule has 14 heteroatoms. The summed E-state index contributed by atoms with van der Waals surface area (Å²) in [6.45, 7) is 2.31. The van der Waals surface area contributed by atoms with E-state index in [0.717, 1.165) is 12.1 Å². The Morgan fingerprint density at radius 1 is 1.12 bits per heavy atom. The van der Waals surface area contributed by atoms with Gasteiger partial charge in [0.1, 0.15) is 17.2 Å². The summed E-state index contributed by atoms with van der Waals surface area (Å²) in [7, 11) is -3.80. The smallest absolute Gasteiger partial charge is 0.393 e. The fourth-order valence-corrected chi connectivity index (χ4v) is 7.21. The fourth-order valence-electron chi connectivity index (χ4n) is 5.73. The lowest BCUT2D eigenvalue weighted by Crippen LogP contribution is -2.50. The molecular weight excluding hydrogens is 592 g/mol. The maximum absolute atomic E-state index is 15.0. The van der Waals surface area contributed by atoms with Gasteiger partial charge in [0.2, 0.25) is 10.0 Å². The minimum atomic E-state index is -4.56. The van der Waals surface area contributed by atoms with Crippen LogP contribution in [-0.2, 0) is 27.4 Å². The number of nitrogens with one attached hydrogen (secondary N) is 1. The summed E-state index contributed by atoms with van der Waals surface area (Å²) in [5, 5.41) is 12.2. The molecule has 9 nitrogen and oxygen atoms in total. The second kappa shape index (κ2) is 11.6. The van der Waals surface area contributed by atoms with E-state index in [2.05, 4.69) is 10.3 Å². The number of aliphatic imine (C=N–C) groups is 1. The molecule has 2 fully saturated rings. The highest BCUT2D eigenvalue weighted by molar-refractivity contribution is 7.89. The average molecular weight is 625 g/mol. The number of amidine groups is 1. The summed E-state index contributed by atoms with van der Waals surface area (Å²) in [5.74, 6) is -2.00. The van der Waals surface area contributed by atoms with Gasteiger partial charge < -0.3 is 15.3 Å². The summed E-state index contributed by atoms with van der Waals surface area (Å²) >= 11 is 0. The molecule has 0 atom stereocenters. The lowest BCUT2D eigenvalue weighted by molar-refractivity contribution is -0.137. The molecule has 0 unspecified atom stereocenters. The van der Waals surface area contributed by atoms with Gasteiger partial charge in [-0.2, -0.15) is 13.2 Å². The van der Waals surface area contributed by atoms with Gasteiger partial charge >= 0.3 is 6.18 Å². The number of alkyl halides is 3. The summed E-state index contributed by atoms with van der Waals surface area (Å²) < 4.78 is 82.0. The molecule has 1 spiro atoms. The quantitative estimate of drug-likeness (QED) is 0.479. The van der Waals surface area contributed by atoms with Crippen LogP contribution in [-0.4, -0.2) is 84.0 Å². The molecule has 0 bridgehead atoms. The largest absolute Gasteiger partial charge is 0.416 e. The van der Waals surface area contributed by atoms with Crippen molar-refractivity contribution in [2.45, 2.75) is 56.8 Å². The number of halogens is 4. The lowest BCUT2D eigenvalue weighted by Gasteiger charge is -2.34. The summed E-state index contributed by atoms with van der Waals surface area (Å²) in [6, 6.07) is 7.09. The fraction of sp³-hybridized carbons (Fsp3) is 0.483. The van der Waals surface area contributed by atoms with Gasteiger partial charge in [-0.25, -0.2) is 17.1 Å². The van der Waals surface area contributed by atoms with E-state index < -0.39 is 51.0 Å². The minimum Gasteiger partial charge on any atom is -0.393 e. The van der Waals surface area contributed by atoms with E-state index in [0.29, 0.717) is 37.1 Å². The topological polar surface area (TPSA) is 119 Å². The molecule has 43 heavy (non-hydrogen) atoms. The predicted molar refractivity (Wildman–Crippen MR) is 149 cm³/mol. The first-order valence-electron chi connectivity index (χ1n) is 14.0. The summed E-state index contributed by atoms with van der Waals surface area (Å²) in [5.41, 5.74) is -1.10. The van der Waals surface area contributed by atoms with Crippen molar-refractivity contribution in [3.63, 3.8) is 0 Å². The number of aliphatic hydroxyl groups excluding tert-OH is 1. The molecule has 0 aromatic heterocycles. The maximum Gasteiger partial charge on any atom is 0.416 e. The number of piperidine rings is 2. The van der Waals surface area contributed by atoms with E-state index >= 15 is 0 Å². The van der Waals surface area contributed by atoms with Crippen LogP contribution in [0.15, 0.2) is 41.4 Å². The number of hydrogen-bond acceptors (Lipinski definition) is 6. The van der Waals surface area contributed by atoms with Crippen LogP contribution in [0.1, 0.15) is 58.3 Å². The van der Waals surface area contributed by atoms with Crippen molar-refractivity contribution in [2.75, 3.05) is 31.9 Å². The van der Waals surface area contributed by atoms with Crippen molar-refractivity contribution < 1.29 is 40.7 Å². The molecule has 0 saturated carbocycles. The van der Waals surface area contributed by atoms with E-state index in [-0.39, 0.29) is 55.1 Å². The zero-order valence-electron chi connectivity index (χ0n) is 23.5. The number of sulfonamides is 1. The Balaban J connectivity index is 1.22. The Bertz CT molecular complexity index is 1560. The van der Waals surface area contributed by atoms with Crippen LogP contribution in [0.4, 0.5) is 17.6 Å². The van der Waals surface area contributed by atoms with Crippen LogP contribution in [0.25, 0.3) is 0 Å². The van der Waals surface area contributed by atoms with Crippen molar-refractivity contribution in [1.29, 1.82) is 0 Å². The standard InChI is InChI=1S/C29H32F4N4O5S/c1-18-15-23(26(39)36-10-5-22(38)6-11-36)24(30)17-19(18)7-14-43(41,42)37-12-8-28(9-13-37)27(40)34-25(35-28)20-3-2-4-21(16-20)29(31,32)33/h2-4,15-17,22,38H,5-14H2,1H3,(H,34,35,40). The number of nitrogens with zero attached hydrogens (tertiary/aromatic N) is 3. The second-order valence-corrected chi connectivity index (χ2v) is 13.4. The maximum atomic E-state index is 15.0. The van der Waals surface area contributed by atoms with E-state index in [4.69, 9.17) is 0 Å². The van der Waals surface area contributed by atoms with E-state index in [1.807, 2.05) is 0 Å². The Hall–Kier alpha value is -3.36. The van der Waals surface area contributed by atoms with Crippen molar-refractivity contribution in [3.8, 4) is 0 Å². The Labute approximate surface area is 246 Å². The van der Waals surface area contributed by atoms with Gasteiger partial charge in [-0.3, -0.25) is 14.6 Å². The Morgan fingerprint density at radius 2 is 1.79 bits per heavy atom. The molecule has 2 N–H and O–H groups in total. The Morgan fingerprint density at radius 3 is 2.44 bits per heavy atom. The number of hydrogen-bond donors (Lipinski definition) is 2. The molecule has 232 valence electrons. The molecule has 2 saturated heterocycles. The van der Waals surface area contributed by atoms with Gasteiger partial charge in [0.25, 0.3) is 11.8 Å². The first-order chi connectivity index (χ1) is 20.2. The number of benzene rings is 2. The van der Waals surface area contributed by atoms with Crippen LogP contribution in [0.2, 0.25) is 0 Å². The van der Waals surface area contributed by atoms with Crippen molar-refractivity contribution in [2.24, 2.45) is 4.99 Å². The van der Waals surface area contributed by atoms with Gasteiger partial charge in [-0.05, 0) is 74.4 Å². The average Bonchev–Trinajstić information content (AvgIpc) is 3.28. The summed E-state index contributed by atoms with van der Waals surface area (Å²) in [4.78, 5) is 31.6. The van der Waals surface area contributed by atoms with Gasteiger partial charge in [0.05, 0.1) is 23.0 Å². The first kappa shape index (κ1) is 31.1. The molecule has 2 aromatic carbocycles. The van der Waals surface area contributed by atoms with Crippen LogP contribution in [0, 0.1) is 12.7 Å². The number of carbonyl (C=O) groups excluding carboxylic acids is 2. The van der Waals surface area contributed by atoms with E-state index in [1.165, 1.54) is 33.5 Å². The summed E-state index contributed by atoms with van der Waals surface area (Å²) in [6.07, 6.45) is -4.07. The normalized spacial score (nSPS) is 19.9. The third-order valence-corrected chi connectivity index (χ3v) is 10.3. The van der Waals surface area contributed by atoms with Crippen molar-refractivity contribution in [3.05, 3.63) is 70.0 Å². The third-order valence-electron chi connectivity index (χ3n) is 8.42.